The fourth-order valence-electron chi connectivity index (χ4n) is 2.07. The first kappa shape index (κ1) is 12.0. The van der Waals surface area contributed by atoms with E-state index in [9.17, 15) is 0 Å². The number of aryl methyl sites for hydroxylation is 2. The molecule has 0 aliphatic carbocycles. The normalized spacial score (nSPS) is 17.6. The van der Waals surface area contributed by atoms with Gasteiger partial charge in [0.05, 0.1) is 0 Å². The van der Waals surface area contributed by atoms with Crippen molar-refractivity contribution < 1.29 is 0 Å². The molecule has 0 unspecified atom stereocenters. The topological polar surface area (TPSA) is 12.0 Å². The van der Waals surface area contributed by atoms with E-state index < -0.39 is 0 Å². The molecule has 1 nitrogen and oxygen atoms in total. The van der Waals surface area contributed by atoms with Gasteiger partial charge in [-0.25, -0.2) is 0 Å². The minimum Gasteiger partial charge on any atom is -0.317 e. The van der Waals surface area contributed by atoms with Crippen LogP contribution < -0.4 is 5.32 Å². The zero-order valence-electron chi connectivity index (χ0n) is 10.3. The maximum atomic E-state index is 3.42. The zero-order chi connectivity index (χ0) is 11.4. The van der Waals surface area contributed by atoms with Crippen LogP contribution in [0.5, 0.6) is 0 Å². The van der Waals surface area contributed by atoms with Gasteiger partial charge in [-0.3, -0.25) is 0 Å². The van der Waals surface area contributed by atoms with Gasteiger partial charge in [-0.1, -0.05) is 6.07 Å². The summed E-state index contributed by atoms with van der Waals surface area (Å²) in [6.45, 7) is 6.79. The van der Waals surface area contributed by atoms with Gasteiger partial charge in [0, 0.05) is 10.6 Å². The minimum absolute atomic E-state index is 0.910. The van der Waals surface area contributed by atoms with Gasteiger partial charge in [0.15, 0.2) is 0 Å². The lowest BCUT2D eigenvalue weighted by molar-refractivity contribution is 0.408. The van der Waals surface area contributed by atoms with E-state index in [4.69, 9.17) is 0 Å². The maximum Gasteiger partial charge on any atom is 0.00748 e. The summed E-state index contributed by atoms with van der Waals surface area (Å²) in [5.41, 5.74) is 2.81. The van der Waals surface area contributed by atoms with Gasteiger partial charge in [0.2, 0.25) is 0 Å². The fourth-order valence-corrected chi connectivity index (χ4v) is 3.25. The van der Waals surface area contributed by atoms with Crippen LogP contribution in [0.25, 0.3) is 0 Å². The van der Waals surface area contributed by atoms with E-state index in [-0.39, 0.29) is 0 Å². The van der Waals surface area contributed by atoms with Crippen LogP contribution in [0.2, 0.25) is 0 Å². The molecule has 88 valence electrons. The van der Waals surface area contributed by atoms with Crippen LogP contribution in [0.15, 0.2) is 23.1 Å². The van der Waals surface area contributed by atoms with Crippen LogP contribution in [0, 0.1) is 19.8 Å². The summed E-state index contributed by atoms with van der Waals surface area (Å²) >= 11 is 2.02. The number of hydrogen-bond donors (Lipinski definition) is 1. The first-order valence-electron chi connectivity index (χ1n) is 6.16. The Bertz CT molecular complexity index is 343. The Balaban J connectivity index is 1.86. The zero-order valence-corrected chi connectivity index (χ0v) is 11.1. The Morgan fingerprint density at radius 2 is 1.94 bits per heavy atom. The van der Waals surface area contributed by atoms with Gasteiger partial charge >= 0.3 is 0 Å². The standard InChI is InChI=1S/C14H21NS/c1-11-3-4-14(9-12(11)2)16-10-13-5-7-15-8-6-13/h3-4,9,13,15H,5-8,10H2,1-2H3. The van der Waals surface area contributed by atoms with Crippen molar-refractivity contribution in [2.24, 2.45) is 5.92 Å². The summed E-state index contributed by atoms with van der Waals surface area (Å²) in [6.07, 6.45) is 2.69. The Kier molecular flexibility index (Phi) is 4.30. The number of nitrogens with one attached hydrogen (secondary N) is 1. The molecule has 0 amide bonds. The van der Waals surface area contributed by atoms with Crippen LogP contribution in [0.1, 0.15) is 24.0 Å². The molecule has 0 bridgehead atoms. The minimum atomic E-state index is 0.910. The van der Waals surface area contributed by atoms with Crippen molar-refractivity contribution in [2.75, 3.05) is 18.8 Å². The largest absolute Gasteiger partial charge is 0.317 e. The highest BCUT2D eigenvalue weighted by atomic mass is 32.2. The van der Waals surface area contributed by atoms with Gasteiger partial charge in [-0.15, -0.1) is 11.8 Å². The van der Waals surface area contributed by atoms with Gasteiger partial charge < -0.3 is 5.32 Å². The average molecular weight is 235 g/mol. The van der Waals surface area contributed by atoms with E-state index in [1.807, 2.05) is 11.8 Å². The highest BCUT2D eigenvalue weighted by Gasteiger charge is 2.12. The number of hydrogen-bond acceptors (Lipinski definition) is 2. The molecule has 1 fully saturated rings. The molecule has 0 radical (unpaired) electrons. The third kappa shape index (κ3) is 3.26. The van der Waals surface area contributed by atoms with Crippen LogP contribution in [-0.2, 0) is 0 Å². The molecule has 0 aromatic heterocycles. The van der Waals surface area contributed by atoms with Crippen molar-refractivity contribution in [2.45, 2.75) is 31.6 Å². The lowest BCUT2D eigenvalue weighted by Crippen LogP contribution is -2.28. The first-order chi connectivity index (χ1) is 7.75. The lowest BCUT2D eigenvalue weighted by Gasteiger charge is -2.22. The van der Waals surface area contributed by atoms with Crippen LogP contribution in [-0.4, -0.2) is 18.8 Å². The van der Waals surface area contributed by atoms with E-state index in [1.165, 1.54) is 47.7 Å². The summed E-state index contributed by atoms with van der Waals surface area (Å²) < 4.78 is 0. The number of benzene rings is 1. The van der Waals surface area contributed by atoms with Gasteiger partial charge in [0.25, 0.3) is 0 Å². The lowest BCUT2D eigenvalue weighted by atomic mass is 10.0. The molecule has 1 N–H and O–H groups in total. The number of thioether (sulfide) groups is 1. The Morgan fingerprint density at radius 1 is 1.19 bits per heavy atom. The summed E-state index contributed by atoms with van der Waals surface area (Å²) in [4.78, 5) is 1.43. The second kappa shape index (κ2) is 5.74. The van der Waals surface area contributed by atoms with Crippen molar-refractivity contribution in [3.63, 3.8) is 0 Å². The monoisotopic (exact) mass is 235 g/mol. The van der Waals surface area contributed by atoms with E-state index in [0.717, 1.165) is 5.92 Å². The van der Waals surface area contributed by atoms with Crippen LogP contribution in [0.4, 0.5) is 0 Å². The molecule has 0 spiro atoms. The quantitative estimate of drug-likeness (QED) is 0.806. The van der Waals surface area contributed by atoms with Gasteiger partial charge in [-0.2, -0.15) is 0 Å². The highest BCUT2D eigenvalue weighted by molar-refractivity contribution is 7.99. The molecule has 1 aromatic carbocycles. The van der Waals surface area contributed by atoms with E-state index >= 15 is 0 Å². The second-order valence-corrected chi connectivity index (χ2v) is 5.84. The molecule has 0 atom stereocenters. The highest BCUT2D eigenvalue weighted by Crippen LogP contribution is 2.26. The molecular weight excluding hydrogens is 214 g/mol. The molecule has 2 rings (SSSR count). The Labute approximate surface area is 103 Å². The second-order valence-electron chi connectivity index (χ2n) is 4.75. The van der Waals surface area contributed by atoms with E-state index in [2.05, 4.69) is 37.4 Å². The molecule has 2 heteroatoms. The molecule has 1 aliphatic heterocycles. The Morgan fingerprint density at radius 3 is 2.62 bits per heavy atom. The molecule has 0 saturated carbocycles. The third-order valence-corrected chi connectivity index (χ3v) is 4.65. The summed E-state index contributed by atoms with van der Waals surface area (Å²) in [5.74, 6) is 2.19. The molecule has 16 heavy (non-hydrogen) atoms. The molecule has 1 aliphatic rings. The molecular formula is C14H21NS. The van der Waals surface area contributed by atoms with Gasteiger partial charge in [0.1, 0.15) is 0 Å². The smallest absolute Gasteiger partial charge is 0.00748 e. The van der Waals surface area contributed by atoms with Gasteiger partial charge in [-0.05, 0) is 69.0 Å². The molecule has 1 aromatic rings. The summed E-state index contributed by atoms with van der Waals surface area (Å²) in [6, 6.07) is 6.81. The van der Waals surface area contributed by atoms with E-state index in [0.29, 0.717) is 0 Å². The average Bonchev–Trinajstić information content (AvgIpc) is 2.32. The number of piperidine rings is 1. The molecule has 1 heterocycles. The first-order valence-corrected chi connectivity index (χ1v) is 7.15. The fraction of sp³-hybridized carbons (Fsp3) is 0.571. The predicted molar refractivity (Wildman–Crippen MR) is 72.2 cm³/mol. The van der Waals surface area contributed by atoms with Crippen molar-refractivity contribution in [3.05, 3.63) is 29.3 Å². The summed E-state index contributed by atoms with van der Waals surface area (Å²) in [7, 11) is 0. The van der Waals surface area contributed by atoms with Crippen molar-refractivity contribution in [3.8, 4) is 0 Å². The third-order valence-electron chi connectivity index (χ3n) is 3.42. The summed E-state index contributed by atoms with van der Waals surface area (Å²) in [5, 5.41) is 3.42. The van der Waals surface area contributed by atoms with Crippen LogP contribution in [0.3, 0.4) is 0 Å². The number of rotatable bonds is 3. The maximum absolute atomic E-state index is 3.42. The Hall–Kier alpha value is -0.470. The van der Waals surface area contributed by atoms with Crippen LogP contribution >= 0.6 is 11.8 Å². The van der Waals surface area contributed by atoms with Crippen molar-refractivity contribution in [1.29, 1.82) is 0 Å². The SMILES string of the molecule is Cc1ccc(SCC2CCNCC2)cc1C. The van der Waals surface area contributed by atoms with Crippen molar-refractivity contribution >= 4 is 11.8 Å². The van der Waals surface area contributed by atoms with Crippen molar-refractivity contribution in [1.82, 2.24) is 5.32 Å². The predicted octanol–water partition coefficient (Wildman–Crippen LogP) is 3.40. The molecule has 1 saturated heterocycles. The van der Waals surface area contributed by atoms with E-state index in [1.54, 1.807) is 0 Å².